The minimum Gasteiger partial charge on any atom is -0.0830 e. The van der Waals surface area contributed by atoms with Crippen molar-refractivity contribution < 1.29 is 0 Å². The summed E-state index contributed by atoms with van der Waals surface area (Å²) in [4.78, 5) is 0. The van der Waals surface area contributed by atoms with Crippen molar-refractivity contribution in [1.29, 1.82) is 0 Å². The van der Waals surface area contributed by atoms with Gasteiger partial charge in [-0.3, -0.25) is 0 Å². The molecule has 0 aliphatic heterocycles. The molecule has 0 fully saturated rings. The number of hydrogen-bond acceptors (Lipinski definition) is 0. The van der Waals surface area contributed by atoms with Gasteiger partial charge in [0.25, 0.3) is 0 Å². The van der Waals surface area contributed by atoms with Gasteiger partial charge in [-0.1, -0.05) is 164 Å². The first-order chi connectivity index (χ1) is 22.8. The summed E-state index contributed by atoms with van der Waals surface area (Å²) in [6, 6.07) is 51.5. The molecule has 9 rings (SSSR count). The van der Waals surface area contributed by atoms with E-state index in [2.05, 4.69) is 176 Å². The normalized spacial score (nSPS) is 15.6. The zero-order valence-corrected chi connectivity index (χ0v) is 25.5. The molecule has 2 aliphatic carbocycles. The van der Waals surface area contributed by atoms with Crippen LogP contribution in [0.3, 0.4) is 0 Å². The number of fused-ring (bicyclic) bond motifs is 4. The SMILES string of the molecule is C1=CC2=C(c3ccc(-c4c5ccccc5c(-c5cccc(-c6ccc7ccccc7c6)c5)c5ccccc45)cc3)C=CCC2C=C1. The topological polar surface area (TPSA) is 0 Å². The van der Waals surface area contributed by atoms with Crippen molar-refractivity contribution in [2.75, 3.05) is 0 Å². The Labute approximate surface area is 270 Å². The predicted octanol–water partition coefficient (Wildman–Crippen LogP) is 12.6. The first kappa shape index (κ1) is 26.7. The van der Waals surface area contributed by atoms with Crippen molar-refractivity contribution >= 4 is 37.9 Å². The van der Waals surface area contributed by atoms with Gasteiger partial charge in [0, 0.05) is 5.92 Å². The summed E-state index contributed by atoms with van der Waals surface area (Å²) < 4.78 is 0. The average Bonchev–Trinajstić information content (AvgIpc) is 3.13. The van der Waals surface area contributed by atoms with Gasteiger partial charge in [0.05, 0.1) is 0 Å². The minimum absolute atomic E-state index is 0.477. The Morgan fingerprint density at radius 3 is 1.74 bits per heavy atom. The molecular formula is C46H32. The Hall–Kier alpha value is -5.72. The summed E-state index contributed by atoms with van der Waals surface area (Å²) in [6.45, 7) is 0. The molecule has 0 N–H and O–H groups in total. The first-order valence-electron chi connectivity index (χ1n) is 16.2. The molecule has 0 bridgehead atoms. The number of hydrogen-bond donors (Lipinski definition) is 0. The van der Waals surface area contributed by atoms with Crippen molar-refractivity contribution in [2.45, 2.75) is 6.42 Å². The van der Waals surface area contributed by atoms with E-state index in [4.69, 9.17) is 0 Å². The maximum Gasteiger partial charge on any atom is 0.00618 e. The lowest BCUT2D eigenvalue weighted by molar-refractivity contribution is 0.784. The third-order valence-electron chi connectivity index (χ3n) is 9.77. The lowest BCUT2D eigenvalue weighted by Gasteiger charge is -2.23. The predicted molar refractivity (Wildman–Crippen MR) is 198 cm³/mol. The van der Waals surface area contributed by atoms with Crippen molar-refractivity contribution in [3.8, 4) is 33.4 Å². The molecule has 0 spiro atoms. The molecular weight excluding hydrogens is 553 g/mol. The minimum atomic E-state index is 0.477. The number of benzene rings is 7. The smallest absolute Gasteiger partial charge is 0.00618 e. The Balaban J connectivity index is 1.20. The highest BCUT2D eigenvalue weighted by Gasteiger charge is 2.20. The van der Waals surface area contributed by atoms with Crippen LogP contribution in [-0.4, -0.2) is 0 Å². The highest BCUT2D eigenvalue weighted by Crippen LogP contribution is 2.45. The summed E-state index contributed by atoms with van der Waals surface area (Å²) in [5, 5.41) is 7.64. The van der Waals surface area contributed by atoms with Crippen LogP contribution in [0.15, 0.2) is 182 Å². The van der Waals surface area contributed by atoms with Gasteiger partial charge in [0.2, 0.25) is 0 Å². The lowest BCUT2D eigenvalue weighted by atomic mass is 9.81. The van der Waals surface area contributed by atoms with Crippen LogP contribution in [0.25, 0.3) is 71.3 Å². The van der Waals surface area contributed by atoms with Gasteiger partial charge in [-0.2, -0.15) is 0 Å². The molecule has 0 aromatic heterocycles. The maximum atomic E-state index is 2.36. The van der Waals surface area contributed by atoms with E-state index >= 15 is 0 Å². The third-order valence-corrected chi connectivity index (χ3v) is 9.77. The zero-order chi connectivity index (χ0) is 30.5. The van der Waals surface area contributed by atoms with Gasteiger partial charge in [-0.05, 0) is 101 Å². The Kier molecular flexibility index (Phi) is 6.39. The fourth-order valence-electron chi connectivity index (χ4n) is 7.56. The molecule has 0 saturated carbocycles. The summed E-state index contributed by atoms with van der Waals surface area (Å²) in [6.07, 6.45) is 14.6. The molecule has 0 amide bonds. The van der Waals surface area contributed by atoms with Crippen LogP contribution < -0.4 is 0 Å². The summed E-state index contributed by atoms with van der Waals surface area (Å²) in [5.74, 6) is 0.477. The molecule has 0 radical (unpaired) electrons. The first-order valence-corrected chi connectivity index (χ1v) is 16.2. The van der Waals surface area contributed by atoms with Crippen molar-refractivity contribution in [2.24, 2.45) is 5.92 Å². The molecule has 0 heterocycles. The Morgan fingerprint density at radius 1 is 0.413 bits per heavy atom. The number of rotatable bonds is 4. The van der Waals surface area contributed by atoms with Crippen molar-refractivity contribution in [1.82, 2.24) is 0 Å². The van der Waals surface area contributed by atoms with E-state index in [1.807, 2.05) is 0 Å². The average molecular weight is 585 g/mol. The van der Waals surface area contributed by atoms with Gasteiger partial charge >= 0.3 is 0 Å². The molecule has 1 unspecified atom stereocenters. The Bertz CT molecular complexity index is 2370. The summed E-state index contributed by atoms with van der Waals surface area (Å²) in [7, 11) is 0. The fraction of sp³-hybridized carbons (Fsp3) is 0.0435. The van der Waals surface area contributed by atoms with Crippen molar-refractivity contribution in [3.63, 3.8) is 0 Å². The van der Waals surface area contributed by atoms with E-state index in [0.29, 0.717) is 5.92 Å². The van der Waals surface area contributed by atoms with Gasteiger partial charge in [-0.25, -0.2) is 0 Å². The standard InChI is InChI=1S/C46H32/c1-2-13-35-29-37(28-23-31(35)11-1)36-15-9-16-38(30-36)46-43-20-7-5-18-41(43)45(42-19-6-8-21-44(42)46)34-26-24-33(25-27-34)40-22-10-14-32-12-3-4-17-39(32)40/h1-13,15-30,32H,14H2. The van der Waals surface area contributed by atoms with Gasteiger partial charge < -0.3 is 0 Å². The van der Waals surface area contributed by atoms with E-state index in [1.165, 1.54) is 82.4 Å². The highest BCUT2D eigenvalue weighted by molar-refractivity contribution is 6.21. The molecule has 0 heteroatoms. The van der Waals surface area contributed by atoms with Crippen LogP contribution in [0.2, 0.25) is 0 Å². The second kappa shape index (κ2) is 11.0. The maximum absolute atomic E-state index is 2.36. The molecule has 7 aromatic carbocycles. The van der Waals surface area contributed by atoms with E-state index in [1.54, 1.807) is 0 Å². The highest BCUT2D eigenvalue weighted by atomic mass is 14.2. The quantitative estimate of drug-likeness (QED) is 0.181. The molecule has 0 saturated heterocycles. The molecule has 7 aromatic rings. The van der Waals surface area contributed by atoms with Crippen LogP contribution >= 0.6 is 0 Å². The number of allylic oxidation sites excluding steroid dienone is 8. The fourth-order valence-corrected chi connectivity index (χ4v) is 7.56. The Morgan fingerprint density at radius 2 is 1.00 bits per heavy atom. The van der Waals surface area contributed by atoms with Crippen LogP contribution in [0.4, 0.5) is 0 Å². The van der Waals surface area contributed by atoms with Crippen molar-refractivity contribution in [3.05, 3.63) is 187 Å². The largest absolute Gasteiger partial charge is 0.0830 e. The molecule has 46 heavy (non-hydrogen) atoms. The second-order valence-corrected chi connectivity index (χ2v) is 12.4. The van der Waals surface area contributed by atoms with Gasteiger partial charge in [0.1, 0.15) is 0 Å². The van der Waals surface area contributed by atoms with E-state index in [9.17, 15) is 0 Å². The van der Waals surface area contributed by atoms with Gasteiger partial charge in [0.15, 0.2) is 0 Å². The van der Waals surface area contributed by atoms with Crippen LogP contribution in [-0.2, 0) is 0 Å². The molecule has 2 aliphatic rings. The summed E-state index contributed by atoms with van der Waals surface area (Å²) in [5.41, 5.74) is 11.6. The second-order valence-electron chi connectivity index (χ2n) is 12.4. The van der Waals surface area contributed by atoms with E-state index < -0.39 is 0 Å². The lowest BCUT2D eigenvalue weighted by Crippen LogP contribution is -2.06. The van der Waals surface area contributed by atoms with Crippen LogP contribution in [0.5, 0.6) is 0 Å². The molecule has 216 valence electrons. The van der Waals surface area contributed by atoms with Gasteiger partial charge in [-0.15, -0.1) is 0 Å². The monoisotopic (exact) mass is 584 g/mol. The van der Waals surface area contributed by atoms with Crippen LogP contribution in [0.1, 0.15) is 12.0 Å². The molecule has 1 atom stereocenters. The zero-order valence-electron chi connectivity index (χ0n) is 25.5. The van der Waals surface area contributed by atoms with E-state index in [0.717, 1.165) is 6.42 Å². The molecule has 0 nitrogen and oxygen atoms in total. The summed E-state index contributed by atoms with van der Waals surface area (Å²) >= 11 is 0. The van der Waals surface area contributed by atoms with Crippen LogP contribution in [0, 0.1) is 5.92 Å². The third kappa shape index (κ3) is 4.45. The van der Waals surface area contributed by atoms with E-state index in [-0.39, 0.29) is 0 Å².